The van der Waals surface area contributed by atoms with Crippen LogP contribution in [0, 0.1) is 6.92 Å². The summed E-state index contributed by atoms with van der Waals surface area (Å²) in [5.41, 5.74) is 7.95. The van der Waals surface area contributed by atoms with Crippen molar-refractivity contribution in [2.75, 3.05) is 12.9 Å². The molecule has 112 valence electrons. The Morgan fingerprint density at radius 1 is 1.10 bits per heavy atom. The molecular formula is C16H19NO3S. The number of aryl methyl sites for hydroxylation is 1. The summed E-state index contributed by atoms with van der Waals surface area (Å²) in [6.45, 7) is 1.97. The molecule has 0 aliphatic carbocycles. The topological polar surface area (TPSA) is 69.4 Å². The molecule has 0 spiro atoms. The molecule has 2 N–H and O–H groups in total. The van der Waals surface area contributed by atoms with Gasteiger partial charge >= 0.3 is 0 Å². The molecule has 2 aromatic carbocycles. The lowest BCUT2D eigenvalue weighted by atomic mass is 10.1. The maximum absolute atomic E-state index is 12.5. The number of sulfone groups is 1. The van der Waals surface area contributed by atoms with E-state index in [-0.39, 0.29) is 10.6 Å². The number of hydrogen-bond donors (Lipinski definition) is 1. The fraction of sp³-hybridized carbons (Fsp3) is 0.250. The van der Waals surface area contributed by atoms with Gasteiger partial charge in [0.1, 0.15) is 10.6 Å². The molecule has 0 radical (unpaired) electrons. The minimum atomic E-state index is -3.51. The first-order valence-corrected chi connectivity index (χ1v) is 8.27. The highest BCUT2D eigenvalue weighted by Crippen LogP contribution is 2.26. The molecule has 0 saturated carbocycles. The zero-order valence-corrected chi connectivity index (χ0v) is 12.9. The van der Waals surface area contributed by atoms with Gasteiger partial charge in [0.15, 0.2) is 9.84 Å². The van der Waals surface area contributed by atoms with Crippen LogP contribution in [0.1, 0.15) is 17.2 Å². The molecule has 0 amide bonds. The molecule has 1 unspecified atom stereocenters. The fourth-order valence-electron chi connectivity index (χ4n) is 2.11. The van der Waals surface area contributed by atoms with Crippen molar-refractivity contribution in [1.29, 1.82) is 0 Å². The van der Waals surface area contributed by atoms with E-state index in [1.165, 1.54) is 13.2 Å². The molecule has 5 heteroatoms. The van der Waals surface area contributed by atoms with Crippen molar-refractivity contribution in [2.24, 2.45) is 5.73 Å². The van der Waals surface area contributed by atoms with Crippen LogP contribution in [-0.4, -0.2) is 21.3 Å². The first-order chi connectivity index (χ1) is 9.94. The largest absolute Gasteiger partial charge is 0.495 e. The van der Waals surface area contributed by atoms with Gasteiger partial charge in [-0.25, -0.2) is 8.42 Å². The van der Waals surface area contributed by atoms with Crippen LogP contribution in [0.5, 0.6) is 5.75 Å². The average Bonchev–Trinajstić information content (AvgIpc) is 2.47. The van der Waals surface area contributed by atoms with Gasteiger partial charge in [0, 0.05) is 6.04 Å². The predicted molar refractivity (Wildman–Crippen MR) is 83.2 cm³/mol. The Balaban J connectivity index is 2.26. The molecule has 1 atom stereocenters. The Hall–Kier alpha value is -1.85. The van der Waals surface area contributed by atoms with Crippen molar-refractivity contribution in [3.8, 4) is 5.75 Å². The lowest BCUT2D eigenvalue weighted by Crippen LogP contribution is -2.22. The number of ether oxygens (including phenoxy) is 1. The lowest BCUT2D eigenvalue weighted by Gasteiger charge is -2.14. The third kappa shape index (κ3) is 3.62. The molecule has 0 aliphatic rings. The number of nitrogens with two attached hydrogens (primary N) is 1. The van der Waals surface area contributed by atoms with Crippen molar-refractivity contribution in [3.63, 3.8) is 0 Å². The number of para-hydroxylation sites is 1. The van der Waals surface area contributed by atoms with E-state index in [1.807, 2.05) is 31.2 Å². The standard InChI is InChI=1S/C16H19NO3S/c1-12-7-9-13(10-8-12)14(17)11-21(18,19)16-6-4-3-5-15(16)20-2/h3-10,14H,11,17H2,1-2H3. The van der Waals surface area contributed by atoms with Gasteiger partial charge in [-0.05, 0) is 24.6 Å². The van der Waals surface area contributed by atoms with Gasteiger partial charge < -0.3 is 10.5 Å². The van der Waals surface area contributed by atoms with Crippen LogP contribution >= 0.6 is 0 Å². The summed E-state index contributed by atoms with van der Waals surface area (Å²) in [6, 6.07) is 13.6. The van der Waals surface area contributed by atoms with E-state index in [0.29, 0.717) is 5.75 Å². The normalized spacial score (nSPS) is 12.9. The summed E-state index contributed by atoms with van der Waals surface area (Å²) in [7, 11) is -2.06. The third-order valence-corrected chi connectivity index (χ3v) is 5.11. The van der Waals surface area contributed by atoms with E-state index in [9.17, 15) is 8.42 Å². The molecule has 0 aromatic heterocycles. The van der Waals surface area contributed by atoms with Crippen molar-refractivity contribution < 1.29 is 13.2 Å². The van der Waals surface area contributed by atoms with Crippen LogP contribution in [-0.2, 0) is 9.84 Å². The van der Waals surface area contributed by atoms with Crippen molar-refractivity contribution >= 4 is 9.84 Å². The van der Waals surface area contributed by atoms with Gasteiger partial charge in [-0.2, -0.15) is 0 Å². The molecule has 0 fully saturated rings. The minimum Gasteiger partial charge on any atom is -0.495 e. The summed E-state index contributed by atoms with van der Waals surface area (Å²) < 4.78 is 30.1. The second kappa shape index (κ2) is 6.28. The molecule has 0 bridgehead atoms. The molecule has 21 heavy (non-hydrogen) atoms. The molecule has 2 aromatic rings. The maximum Gasteiger partial charge on any atom is 0.183 e. The summed E-state index contributed by atoms with van der Waals surface area (Å²) in [6.07, 6.45) is 0. The highest BCUT2D eigenvalue weighted by atomic mass is 32.2. The monoisotopic (exact) mass is 305 g/mol. The first kappa shape index (κ1) is 15.5. The number of hydrogen-bond acceptors (Lipinski definition) is 4. The van der Waals surface area contributed by atoms with E-state index in [4.69, 9.17) is 10.5 Å². The van der Waals surface area contributed by atoms with Crippen LogP contribution < -0.4 is 10.5 Å². The van der Waals surface area contributed by atoms with Crippen LogP contribution in [0.4, 0.5) is 0 Å². The molecular weight excluding hydrogens is 286 g/mol. The van der Waals surface area contributed by atoms with Crippen LogP contribution in [0.3, 0.4) is 0 Å². The summed E-state index contributed by atoms with van der Waals surface area (Å²) in [4.78, 5) is 0.176. The van der Waals surface area contributed by atoms with E-state index >= 15 is 0 Å². The number of methoxy groups -OCH3 is 1. The van der Waals surface area contributed by atoms with E-state index in [0.717, 1.165) is 11.1 Å². The lowest BCUT2D eigenvalue weighted by molar-refractivity contribution is 0.402. The highest BCUT2D eigenvalue weighted by Gasteiger charge is 2.23. The Morgan fingerprint density at radius 2 is 1.71 bits per heavy atom. The summed E-state index contributed by atoms with van der Waals surface area (Å²) in [5, 5.41) is 0. The minimum absolute atomic E-state index is 0.156. The van der Waals surface area contributed by atoms with Crippen molar-refractivity contribution in [1.82, 2.24) is 0 Å². The van der Waals surface area contributed by atoms with Crippen LogP contribution in [0.15, 0.2) is 53.4 Å². The third-order valence-electron chi connectivity index (χ3n) is 3.31. The maximum atomic E-state index is 12.5. The van der Waals surface area contributed by atoms with Crippen LogP contribution in [0.25, 0.3) is 0 Å². The van der Waals surface area contributed by atoms with Gasteiger partial charge in [-0.15, -0.1) is 0 Å². The van der Waals surface area contributed by atoms with E-state index in [2.05, 4.69) is 0 Å². The molecule has 0 heterocycles. The Kier molecular flexibility index (Phi) is 4.65. The molecule has 4 nitrogen and oxygen atoms in total. The van der Waals surface area contributed by atoms with Crippen molar-refractivity contribution in [2.45, 2.75) is 17.9 Å². The van der Waals surface area contributed by atoms with Gasteiger partial charge in [-0.3, -0.25) is 0 Å². The van der Waals surface area contributed by atoms with Crippen LogP contribution in [0.2, 0.25) is 0 Å². The molecule has 0 aliphatic heterocycles. The second-order valence-corrected chi connectivity index (χ2v) is 6.95. The smallest absolute Gasteiger partial charge is 0.183 e. The zero-order chi connectivity index (χ0) is 15.5. The van der Waals surface area contributed by atoms with Gasteiger partial charge in [0.25, 0.3) is 0 Å². The number of benzene rings is 2. The first-order valence-electron chi connectivity index (χ1n) is 6.62. The fourth-order valence-corrected chi connectivity index (χ4v) is 3.70. The molecule has 0 saturated heterocycles. The highest BCUT2D eigenvalue weighted by molar-refractivity contribution is 7.91. The zero-order valence-electron chi connectivity index (χ0n) is 12.1. The van der Waals surface area contributed by atoms with Gasteiger partial charge in [-0.1, -0.05) is 42.0 Å². The van der Waals surface area contributed by atoms with Gasteiger partial charge in [0.05, 0.1) is 12.9 Å². The summed E-state index contributed by atoms with van der Waals surface area (Å²) >= 11 is 0. The Morgan fingerprint density at radius 3 is 2.33 bits per heavy atom. The van der Waals surface area contributed by atoms with Gasteiger partial charge in [0.2, 0.25) is 0 Å². The van der Waals surface area contributed by atoms with E-state index < -0.39 is 15.9 Å². The quantitative estimate of drug-likeness (QED) is 0.921. The Bertz CT molecular complexity index is 709. The molecule has 2 rings (SSSR count). The summed E-state index contributed by atoms with van der Waals surface area (Å²) in [5.74, 6) is 0.185. The van der Waals surface area contributed by atoms with E-state index in [1.54, 1.807) is 18.2 Å². The average molecular weight is 305 g/mol. The van der Waals surface area contributed by atoms with Crippen molar-refractivity contribution in [3.05, 3.63) is 59.7 Å². The SMILES string of the molecule is COc1ccccc1S(=O)(=O)CC(N)c1ccc(C)cc1. The second-order valence-electron chi connectivity index (χ2n) is 4.95. The number of rotatable bonds is 5. The predicted octanol–water partition coefficient (Wildman–Crippen LogP) is 2.48. The Labute approximate surface area is 125 Å².